The fourth-order valence-corrected chi connectivity index (χ4v) is 1.31. The minimum Gasteiger partial charge on any atom is -0.489 e. The van der Waals surface area contributed by atoms with E-state index in [-0.39, 0.29) is 11.9 Å². The lowest BCUT2D eigenvalue weighted by molar-refractivity contribution is -0.737. The topological polar surface area (TPSA) is 69.5 Å². The molecule has 0 unspecified atom stereocenters. The van der Waals surface area contributed by atoms with Crippen LogP contribution < -0.4 is 15.6 Å². The number of nitrogens with two attached hydrogens (primary N) is 1. The molecule has 0 saturated heterocycles. The van der Waals surface area contributed by atoms with Gasteiger partial charge in [-0.25, -0.2) is 0 Å². The lowest BCUT2D eigenvalue weighted by Crippen LogP contribution is -2.71. The highest BCUT2D eigenvalue weighted by molar-refractivity contribution is 6.32. The molecular formula is C10H14ClN2O2+. The lowest BCUT2D eigenvalue weighted by atomic mass is 10.2. The Balaban J connectivity index is 2.98. The Hall–Kier alpha value is -1.42. The standard InChI is InChI=1S/C10H13ClN2O2/c1-6(2)15-9-4-3-7(5-8(9)11)10(12)13-14/h3-6,14H,1-2H3,(H2,12,13)/p+1. The van der Waals surface area contributed by atoms with E-state index in [1.807, 2.05) is 19.0 Å². The predicted octanol–water partition coefficient (Wildman–Crippen LogP) is 0.302. The SMILES string of the molecule is CC(C)Oc1ccc(C(N)=[NH+]O)cc1Cl. The van der Waals surface area contributed by atoms with Crippen LogP contribution in [-0.4, -0.2) is 17.1 Å². The van der Waals surface area contributed by atoms with E-state index in [0.717, 1.165) is 0 Å². The normalized spacial score (nSPS) is 11.9. The zero-order valence-electron chi connectivity index (χ0n) is 8.62. The van der Waals surface area contributed by atoms with Crippen molar-refractivity contribution >= 4 is 17.4 Å². The molecule has 0 aliphatic carbocycles. The molecule has 0 atom stereocenters. The van der Waals surface area contributed by atoms with Crippen molar-refractivity contribution in [3.05, 3.63) is 28.8 Å². The molecule has 82 valence electrons. The van der Waals surface area contributed by atoms with Crippen molar-refractivity contribution in [1.29, 1.82) is 0 Å². The number of ether oxygens (including phenoxy) is 1. The maximum absolute atomic E-state index is 8.61. The van der Waals surface area contributed by atoms with Crippen molar-refractivity contribution in [1.82, 2.24) is 0 Å². The van der Waals surface area contributed by atoms with Gasteiger partial charge in [0.25, 0.3) is 0 Å². The molecule has 0 aromatic heterocycles. The first-order valence-corrected chi connectivity index (χ1v) is 4.91. The van der Waals surface area contributed by atoms with Crippen LogP contribution in [0.3, 0.4) is 0 Å². The zero-order chi connectivity index (χ0) is 11.4. The van der Waals surface area contributed by atoms with E-state index in [9.17, 15) is 0 Å². The molecule has 0 saturated carbocycles. The Kier molecular flexibility index (Phi) is 3.80. The van der Waals surface area contributed by atoms with Crippen LogP contribution in [-0.2, 0) is 0 Å². The minimum atomic E-state index is 0.0608. The average Bonchev–Trinajstić information content (AvgIpc) is 2.19. The predicted molar refractivity (Wildman–Crippen MR) is 58.3 cm³/mol. The van der Waals surface area contributed by atoms with E-state index < -0.39 is 0 Å². The van der Waals surface area contributed by atoms with Crippen LogP contribution in [0.25, 0.3) is 0 Å². The van der Waals surface area contributed by atoms with Crippen molar-refractivity contribution in [3.63, 3.8) is 0 Å². The van der Waals surface area contributed by atoms with Gasteiger partial charge in [0.05, 0.1) is 16.7 Å². The number of hydrogen-bond donors (Lipinski definition) is 3. The zero-order valence-corrected chi connectivity index (χ0v) is 9.38. The minimum absolute atomic E-state index is 0.0608. The van der Waals surface area contributed by atoms with Gasteiger partial charge in [-0.15, -0.1) is 0 Å². The summed E-state index contributed by atoms with van der Waals surface area (Å²) in [5.74, 6) is 0.745. The average molecular weight is 230 g/mol. The monoisotopic (exact) mass is 229 g/mol. The summed E-state index contributed by atoms with van der Waals surface area (Å²) in [6.45, 7) is 3.83. The van der Waals surface area contributed by atoms with Gasteiger partial charge in [0.15, 0.2) is 0 Å². The summed E-state index contributed by atoms with van der Waals surface area (Å²) in [4.78, 5) is 0. The van der Waals surface area contributed by atoms with Gasteiger partial charge in [0, 0.05) is 0 Å². The molecule has 4 N–H and O–H groups in total. The molecule has 1 rings (SSSR count). The van der Waals surface area contributed by atoms with E-state index in [1.165, 1.54) is 0 Å². The van der Waals surface area contributed by atoms with Crippen LogP contribution in [0.15, 0.2) is 18.2 Å². The number of halogens is 1. The van der Waals surface area contributed by atoms with Crippen molar-refractivity contribution in [2.45, 2.75) is 20.0 Å². The lowest BCUT2D eigenvalue weighted by Gasteiger charge is -2.11. The number of hydrogen-bond acceptors (Lipinski definition) is 2. The summed E-state index contributed by atoms with van der Waals surface area (Å²) >= 11 is 5.97. The second-order valence-electron chi connectivity index (χ2n) is 3.34. The van der Waals surface area contributed by atoms with Gasteiger partial charge in [-0.2, -0.15) is 0 Å². The van der Waals surface area contributed by atoms with Crippen LogP contribution >= 0.6 is 11.6 Å². The first-order valence-electron chi connectivity index (χ1n) is 4.53. The molecule has 0 aliphatic rings. The number of benzene rings is 1. The number of amidine groups is 1. The summed E-state index contributed by atoms with van der Waals surface area (Å²) in [5, 5.41) is 10.9. The van der Waals surface area contributed by atoms with Gasteiger partial charge >= 0.3 is 5.84 Å². The molecular weight excluding hydrogens is 216 g/mol. The van der Waals surface area contributed by atoms with Crippen molar-refractivity contribution in [2.75, 3.05) is 0 Å². The highest BCUT2D eigenvalue weighted by atomic mass is 35.5. The van der Waals surface area contributed by atoms with E-state index in [1.54, 1.807) is 18.2 Å². The fourth-order valence-electron chi connectivity index (χ4n) is 1.08. The number of nitrogens with one attached hydrogen (secondary N) is 1. The number of rotatable bonds is 3. The first-order chi connectivity index (χ1) is 7.04. The Labute approximate surface area is 93.3 Å². The third-order valence-electron chi connectivity index (χ3n) is 1.73. The van der Waals surface area contributed by atoms with Crippen LogP contribution in [0.5, 0.6) is 5.75 Å². The first kappa shape index (κ1) is 11.7. The van der Waals surface area contributed by atoms with E-state index >= 15 is 0 Å². The Morgan fingerprint density at radius 3 is 2.67 bits per heavy atom. The van der Waals surface area contributed by atoms with Gasteiger partial charge in [0.1, 0.15) is 5.75 Å². The van der Waals surface area contributed by atoms with Gasteiger partial charge in [-0.3, -0.25) is 5.73 Å². The molecule has 4 nitrogen and oxygen atoms in total. The molecule has 0 bridgehead atoms. The summed E-state index contributed by atoms with van der Waals surface area (Å²) in [5.41, 5.74) is 6.08. The Morgan fingerprint density at radius 2 is 2.20 bits per heavy atom. The maximum atomic E-state index is 8.61. The molecule has 5 heteroatoms. The van der Waals surface area contributed by atoms with Crippen LogP contribution in [0.2, 0.25) is 5.02 Å². The van der Waals surface area contributed by atoms with E-state index in [0.29, 0.717) is 16.3 Å². The largest absolute Gasteiger partial charge is 0.489 e. The van der Waals surface area contributed by atoms with Crippen LogP contribution in [0, 0.1) is 0 Å². The Bertz CT molecular complexity index is 378. The van der Waals surface area contributed by atoms with Gasteiger partial charge in [-0.1, -0.05) is 16.8 Å². The second kappa shape index (κ2) is 4.89. The smallest absolute Gasteiger partial charge is 0.311 e. The van der Waals surface area contributed by atoms with E-state index in [2.05, 4.69) is 0 Å². The molecule has 0 spiro atoms. The van der Waals surface area contributed by atoms with Gasteiger partial charge < -0.3 is 9.94 Å². The molecule has 15 heavy (non-hydrogen) atoms. The molecule has 0 heterocycles. The van der Waals surface area contributed by atoms with Gasteiger partial charge in [0.2, 0.25) is 0 Å². The molecule has 0 amide bonds. The quantitative estimate of drug-likeness (QED) is 0.302. The van der Waals surface area contributed by atoms with Crippen LogP contribution in [0.1, 0.15) is 19.4 Å². The highest BCUT2D eigenvalue weighted by Crippen LogP contribution is 2.25. The molecule has 0 aliphatic heterocycles. The maximum Gasteiger partial charge on any atom is 0.311 e. The number of nitrogen functional groups attached to an aromatic ring is 1. The summed E-state index contributed by atoms with van der Waals surface area (Å²) < 4.78 is 5.45. The third-order valence-corrected chi connectivity index (χ3v) is 2.02. The van der Waals surface area contributed by atoms with Crippen molar-refractivity contribution in [2.24, 2.45) is 5.73 Å². The van der Waals surface area contributed by atoms with Gasteiger partial charge in [-0.05, 0) is 32.0 Å². The van der Waals surface area contributed by atoms with Crippen molar-refractivity contribution in [3.8, 4) is 5.75 Å². The molecule has 0 fully saturated rings. The van der Waals surface area contributed by atoms with Crippen LogP contribution in [0.4, 0.5) is 0 Å². The molecule has 1 aromatic carbocycles. The third kappa shape index (κ3) is 3.02. The molecule has 1 aromatic rings. The molecule has 0 radical (unpaired) electrons. The van der Waals surface area contributed by atoms with E-state index in [4.69, 9.17) is 27.3 Å². The summed E-state index contributed by atoms with van der Waals surface area (Å²) in [7, 11) is 0. The fraction of sp³-hybridized carbons (Fsp3) is 0.300. The second-order valence-corrected chi connectivity index (χ2v) is 3.74. The summed E-state index contributed by atoms with van der Waals surface area (Å²) in [6, 6.07) is 5.04. The van der Waals surface area contributed by atoms with Crippen molar-refractivity contribution < 1.29 is 15.1 Å². The summed E-state index contributed by atoms with van der Waals surface area (Å²) in [6.07, 6.45) is 0.0608. The Morgan fingerprint density at radius 1 is 1.53 bits per heavy atom. The highest BCUT2D eigenvalue weighted by Gasteiger charge is 2.09.